The summed E-state index contributed by atoms with van der Waals surface area (Å²) in [6.07, 6.45) is 0. The first-order chi connectivity index (χ1) is 16.3. The van der Waals surface area contributed by atoms with Gasteiger partial charge in [0.25, 0.3) is 10.0 Å². The van der Waals surface area contributed by atoms with Crippen LogP contribution in [0.5, 0.6) is 11.5 Å². The van der Waals surface area contributed by atoms with Crippen LogP contribution in [0.2, 0.25) is 5.02 Å². The Kier molecular flexibility index (Phi) is 7.00. The topological polar surface area (TPSA) is 84.9 Å². The number of anilines is 1. The summed E-state index contributed by atoms with van der Waals surface area (Å²) in [4.78, 5) is 13.1. The molecule has 3 aromatic rings. The molecule has 0 radical (unpaired) electrons. The van der Waals surface area contributed by atoms with Crippen molar-refractivity contribution in [3.05, 3.63) is 82.9 Å². The number of carbonyl (C=O) groups is 1. The molecule has 1 N–H and O–H groups in total. The minimum Gasteiger partial charge on any atom is -0.486 e. The van der Waals surface area contributed by atoms with Crippen LogP contribution in [0.15, 0.2) is 71.6 Å². The summed E-state index contributed by atoms with van der Waals surface area (Å²) in [5.74, 6) is 0.796. The Morgan fingerprint density at radius 1 is 1.03 bits per heavy atom. The minimum absolute atomic E-state index is 0.0747. The molecule has 1 amide bonds. The van der Waals surface area contributed by atoms with Crippen LogP contribution in [-0.2, 0) is 14.8 Å². The number of ether oxygens (including phenoxy) is 2. The molecule has 0 bridgehead atoms. The van der Waals surface area contributed by atoms with Crippen molar-refractivity contribution in [1.29, 1.82) is 0 Å². The average molecular weight is 501 g/mol. The molecule has 0 aliphatic carbocycles. The fraction of sp³-hybridized carbons (Fsp3) is 0.240. The Bertz CT molecular complexity index is 1290. The molecule has 3 aromatic carbocycles. The van der Waals surface area contributed by atoms with E-state index in [2.05, 4.69) is 5.32 Å². The number of rotatable bonds is 7. The molecule has 0 spiro atoms. The van der Waals surface area contributed by atoms with E-state index in [1.165, 1.54) is 12.1 Å². The lowest BCUT2D eigenvalue weighted by Gasteiger charge is -2.26. The predicted molar refractivity (Wildman–Crippen MR) is 131 cm³/mol. The first kappa shape index (κ1) is 23.9. The van der Waals surface area contributed by atoms with E-state index in [9.17, 15) is 13.2 Å². The van der Waals surface area contributed by atoms with Gasteiger partial charge in [-0.15, -0.1) is 0 Å². The summed E-state index contributed by atoms with van der Waals surface area (Å²) in [7, 11) is -4.05. The van der Waals surface area contributed by atoms with E-state index in [1.807, 2.05) is 26.0 Å². The zero-order chi connectivity index (χ0) is 24.3. The normalized spacial score (nSPS) is 13.7. The van der Waals surface area contributed by atoms with Crippen molar-refractivity contribution in [2.24, 2.45) is 0 Å². The van der Waals surface area contributed by atoms with Crippen LogP contribution in [0, 0.1) is 6.92 Å². The Hall–Kier alpha value is -3.23. The van der Waals surface area contributed by atoms with Crippen molar-refractivity contribution in [2.75, 3.05) is 24.1 Å². The van der Waals surface area contributed by atoms with Gasteiger partial charge in [0.15, 0.2) is 11.5 Å². The quantitative estimate of drug-likeness (QED) is 0.516. The minimum atomic E-state index is -4.05. The maximum Gasteiger partial charge on any atom is 0.264 e. The van der Waals surface area contributed by atoms with E-state index in [4.69, 9.17) is 21.1 Å². The van der Waals surface area contributed by atoms with Crippen LogP contribution in [0.4, 0.5) is 5.69 Å². The van der Waals surface area contributed by atoms with E-state index in [0.717, 1.165) is 15.4 Å². The molecule has 178 valence electrons. The second kappa shape index (κ2) is 9.95. The molecular weight excluding hydrogens is 476 g/mol. The number of sulfonamides is 1. The standard InChI is InChI=1S/C25H25ClN2O5S/c1-17-7-10-20(11-8-17)34(30,31)28(22-6-4-3-5-21(22)26)16-25(29)27-18(2)19-9-12-23-24(15-19)33-14-13-32-23/h3-12,15,18H,13-14,16H2,1-2H3,(H,27,29). The summed E-state index contributed by atoms with van der Waals surface area (Å²) < 4.78 is 39.2. The van der Waals surface area contributed by atoms with Crippen molar-refractivity contribution in [2.45, 2.75) is 24.8 Å². The largest absolute Gasteiger partial charge is 0.486 e. The van der Waals surface area contributed by atoms with Crippen LogP contribution in [0.25, 0.3) is 0 Å². The van der Waals surface area contributed by atoms with E-state index < -0.39 is 28.5 Å². The molecule has 1 aliphatic rings. The monoisotopic (exact) mass is 500 g/mol. The van der Waals surface area contributed by atoms with Crippen LogP contribution in [0.3, 0.4) is 0 Å². The fourth-order valence-corrected chi connectivity index (χ4v) is 5.35. The van der Waals surface area contributed by atoms with Gasteiger partial charge in [-0.05, 0) is 55.8 Å². The maximum absolute atomic E-state index is 13.5. The highest BCUT2D eigenvalue weighted by Crippen LogP contribution is 2.33. The Morgan fingerprint density at radius 2 is 1.71 bits per heavy atom. The van der Waals surface area contributed by atoms with Gasteiger partial charge in [0.1, 0.15) is 19.8 Å². The highest BCUT2D eigenvalue weighted by Gasteiger charge is 2.29. The molecule has 7 nitrogen and oxygen atoms in total. The number of fused-ring (bicyclic) bond motifs is 1. The number of benzene rings is 3. The van der Waals surface area contributed by atoms with Gasteiger partial charge in [0.05, 0.1) is 21.6 Å². The lowest BCUT2D eigenvalue weighted by atomic mass is 10.1. The number of aryl methyl sites for hydroxylation is 1. The SMILES string of the molecule is Cc1ccc(S(=O)(=O)N(CC(=O)NC(C)c2ccc3c(c2)OCCO3)c2ccccc2Cl)cc1. The lowest BCUT2D eigenvalue weighted by molar-refractivity contribution is -0.120. The highest BCUT2D eigenvalue weighted by molar-refractivity contribution is 7.92. The van der Waals surface area contributed by atoms with Crippen molar-refractivity contribution in [3.63, 3.8) is 0 Å². The van der Waals surface area contributed by atoms with Gasteiger partial charge >= 0.3 is 0 Å². The Labute approximate surface area is 204 Å². The Morgan fingerprint density at radius 3 is 2.41 bits per heavy atom. The van der Waals surface area contributed by atoms with Crippen LogP contribution in [-0.4, -0.2) is 34.1 Å². The average Bonchev–Trinajstić information content (AvgIpc) is 2.83. The van der Waals surface area contributed by atoms with E-state index in [1.54, 1.807) is 42.5 Å². The number of carbonyl (C=O) groups excluding carboxylic acids is 1. The molecule has 1 atom stereocenters. The van der Waals surface area contributed by atoms with Gasteiger partial charge in [-0.1, -0.05) is 47.5 Å². The second-order valence-electron chi connectivity index (χ2n) is 7.97. The first-order valence-electron chi connectivity index (χ1n) is 10.8. The number of halogens is 1. The van der Waals surface area contributed by atoms with Gasteiger partial charge in [0.2, 0.25) is 5.91 Å². The summed E-state index contributed by atoms with van der Waals surface area (Å²) >= 11 is 6.33. The van der Waals surface area contributed by atoms with E-state index in [-0.39, 0.29) is 15.6 Å². The summed E-state index contributed by atoms with van der Waals surface area (Å²) in [5.41, 5.74) is 1.96. The van der Waals surface area contributed by atoms with Gasteiger partial charge in [-0.25, -0.2) is 8.42 Å². The van der Waals surface area contributed by atoms with Crippen LogP contribution >= 0.6 is 11.6 Å². The number of para-hydroxylation sites is 1. The summed E-state index contributed by atoms with van der Waals surface area (Å²) in [6, 6.07) is 18.1. The van der Waals surface area contributed by atoms with Gasteiger partial charge in [0, 0.05) is 0 Å². The van der Waals surface area contributed by atoms with Crippen LogP contribution in [0.1, 0.15) is 24.1 Å². The molecule has 0 saturated carbocycles. The number of hydrogen-bond donors (Lipinski definition) is 1. The van der Waals surface area contributed by atoms with E-state index >= 15 is 0 Å². The summed E-state index contributed by atoms with van der Waals surface area (Å²) in [6.45, 7) is 4.20. The van der Waals surface area contributed by atoms with Crippen LogP contribution < -0.4 is 19.1 Å². The molecular formula is C25H25ClN2O5S. The first-order valence-corrected chi connectivity index (χ1v) is 12.6. The van der Waals surface area contributed by atoms with Crippen molar-refractivity contribution >= 4 is 33.2 Å². The third kappa shape index (κ3) is 5.13. The molecule has 9 heteroatoms. The zero-order valence-electron chi connectivity index (χ0n) is 18.8. The molecule has 1 aliphatic heterocycles. The molecule has 0 saturated heterocycles. The smallest absolute Gasteiger partial charge is 0.264 e. The number of hydrogen-bond acceptors (Lipinski definition) is 5. The molecule has 1 heterocycles. The summed E-state index contributed by atoms with van der Waals surface area (Å²) in [5, 5.41) is 3.10. The highest BCUT2D eigenvalue weighted by atomic mass is 35.5. The number of nitrogens with zero attached hydrogens (tertiary/aromatic N) is 1. The third-order valence-corrected chi connectivity index (χ3v) is 7.55. The van der Waals surface area contributed by atoms with E-state index in [0.29, 0.717) is 24.7 Å². The molecule has 4 rings (SSSR count). The second-order valence-corrected chi connectivity index (χ2v) is 10.2. The molecule has 34 heavy (non-hydrogen) atoms. The zero-order valence-corrected chi connectivity index (χ0v) is 20.4. The van der Waals surface area contributed by atoms with Gasteiger partial charge in [-0.3, -0.25) is 9.10 Å². The lowest BCUT2D eigenvalue weighted by Crippen LogP contribution is -2.41. The van der Waals surface area contributed by atoms with Gasteiger partial charge in [-0.2, -0.15) is 0 Å². The predicted octanol–water partition coefficient (Wildman–Crippen LogP) is 4.49. The fourth-order valence-electron chi connectivity index (χ4n) is 3.62. The third-order valence-electron chi connectivity index (χ3n) is 5.46. The number of amides is 1. The van der Waals surface area contributed by atoms with Crippen molar-refractivity contribution < 1.29 is 22.7 Å². The van der Waals surface area contributed by atoms with Gasteiger partial charge < -0.3 is 14.8 Å². The molecule has 0 aromatic heterocycles. The Balaban J connectivity index is 1.58. The maximum atomic E-state index is 13.5. The molecule has 1 unspecified atom stereocenters. The number of nitrogens with one attached hydrogen (secondary N) is 1. The van der Waals surface area contributed by atoms with Crippen molar-refractivity contribution in [1.82, 2.24) is 5.32 Å². The molecule has 0 fully saturated rings. The van der Waals surface area contributed by atoms with Crippen molar-refractivity contribution in [3.8, 4) is 11.5 Å².